The first kappa shape index (κ1) is 10.2. The maximum absolute atomic E-state index is 10.9. The first-order chi connectivity index (χ1) is 5.07. The highest BCUT2D eigenvalue weighted by molar-refractivity contribution is 5.87. The number of carbonyl (C=O) groups is 1. The predicted octanol–water partition coefficient (Wildman–Crippen LogP) is 0.877. The highest BCUT2D eigenvalue weighted by atomic mass is 16.5. The minimum absolute atomic E-state index is 0.0635. The number of ether oxygens (including phenoxy) is 1. The second kappa shape index (κ2) is 4.91. The summed E-state index contributed by atoms with van der Waals surface area (Å²) in [5.41, 5.74) is 0.321. The van der Waals surface area contributed by atoms with Crippen molar-refractivity contribution in [1.82, 2.24) is 0 Å². The van der Waals surface area contributed by atoms with E-state index in [1.807, 2.05) is 0 Å². The topological polar surface area (TPSA) is 46.5 Å². The van der Waals surface area contributed by atoms with Crippen molar-refractivity contribution in [2.24, 2.45) is 0 Å². The van der Waals surface area contributed by atoms with Gasteiger partial charge in [0.2, 0.25) is 0 Å². The molecular weight excluding hydrogens is 144 g/mol. The van der Waals surface area contributed by atoms with E-state index < -0.39 is 5.97 Å². The van der Waals surface area contributed by atoms with E-state index >= 15 is 0 Å². The van der Waals surface area contributed by atoms with Crippen molar-refractivity contribution in [2.75, 3.05) is 6.61 Å². The summed E-state index contributed by atoms with van der Waals surface area (Å²) in [7, 11) is 0. The van der Waals surface area contributed by atoms with E-state index in [0.29, 0.717) is 5.57 Å². The van der Waals surface area contributed by atoms with Crippen LogP contribution in [-0.4, -0.2) is 23.8 Å². The maximum atomic E-state index is 10.9. The first-order valence-electron chi connectivity index (χ1n) is 3.57. The third kappa shape index (κ3) is 4.56. The largest absolute Gasteiger partial charge is 0.460 e. The molecule has 0 amide bonds. The molecule has 0 atom stereocenters. The molecule has 0 saturated carbocycles. The summed E-state index contributed by atoms with van der Waals surface area (Å²) >= 11 is 0. The van der Waals surface area contributed by atoms with Crippen LogP contribution in [0.25, 0.3) is 0 Å². The highest BCUT2D eigenvalue weighted by Crippen LogP contribution is 2.02. The van der Waals surface area contributed by atoms with Crippen molar-refractivity contribution in [3.63, 3.8) is 0 Å². The Balaban J connectivity index is 3.74. The molecule has 3 nitrogen and oxygen atoms in total. The Morgan fingerprint density at radius 1 is 1.64 bits per heavy atom. The van der Waals surface area contributed by atoms with Gasteiger partial charge in [-0.05, 0) is 13.8 Å². The lowest BCUT2D eigenvalue weighted by molar-refractivity contribution is -0.142. The molecule has 0 bridgehead atoms. The number of hydrogen-bond donors (Lipinski definition) is 1. The average molecular weight is 158 g/mol. The number of aliphatic hydroxyl groups excluding tert-OH is 1. The van der Waals surface area contributed by atoms with Crippen LogP contribution in [0.4, 0.5) is 0 Å². The van der Waals surface area contributed by atoms with Crippen molar-refractivity contribution < 1.29 is 14.6 Å². The summed E-state index contributed by atoms with van der Waals surface area (Å²) in [6.07, 6.45) is 0.156. The van der Waals surface area contributed by atoms with E-state index in [2.05, 4.69) is 6.58 Å². The summed E-state index contributed by atoms with van der Waals surface area (Å²) in [5, 5.41) is 8.45. The van der Waals surface area contributed by atoms with Gasteiger partial charge in [-0.25, -0.2) is 4.79 Å². The lowest BCUT2D eigenvalue weighted by Gasteiger charge is -2.08. The summed E-state index contributed by atoms with van der Waals surface area (Å²) < 4.78 is 4.81. The van der Waals surface area contributed by atoms with Crippen molar-refractivity contribution in [1.29, 1.82) is 0 Å². The van der Waals surface area contributed by atoms with Crippen LogP contribution < -0.4 is 0 Å². The molecule has 0 aliphatic rings. The standard InChI is InChI=1S/C8H14O3/c1-6(2)11-8(10)7(3)4-5-9/h6,9H,3-5H2,1-2H3. The zero-order valence-electron chi connectivity index (χ0n) is 6.96. The third-order valence-electron chi connectivity index (χ3n) is 1.04. The normalized spacial score (nSPS) is 9.82. The van der Waals surface area contributed by atoms with Gasteiger partial charge < -0.3 is 9.84 Å². The fourth-order valence-electron chi connectivity index (χ4n) is 0.534. The van der Waals surface area contributed by atoms with Crippen LogP contribution in [0.3, 0.4) is 0 Å². The number of carbonyl (C=O) groups excluding carboxylic acids is 1. The van der Waals surface area contributed by atoms with E-state index in [1.165, 1.54) is 0 Å². The zero-order valence-corrected chi connectivity index (χ0v) is 6.96. The maximum Gasteiger partial charge on any atom is 0.333 e. The number of hydrogen-bond acceptors (Lipinski definition) is 3. The summed E-state index contributed by atoms with van der Waals surface area (Å²) in [4.78, 5) is 10.9. The Morgan fingerprint density at radius 3 is 2.55 bits per heavy atom. The minimum Gasteiger partial charge on any atom is -0.460 e. The van der Waals surface area contributed by atoms with Gasteiger partial charge in [0.05, 0.1) is 6.10 Å². The van der Waals surface area contributed by atoms with Crippen molar-refractivity contribution >= 4 is 5.97 Å². The van der Waals surface area contributed by atoms with Gasteiger partial charge in [-0.15, -0.1) is 0 Å². The van der Waals surface area contributed by atoms with Gasteiger partial charge >= 0.3 is 5.97 Å². The molecule has 0 rings (SSSR count). The molecule has 64 valence electrons. The Labute approximate surface area is 66.7 Å². The van der Waals surface area contributed by atoms with Crippen LogP contribution in [0.2, 0.25) is 0 Å². The molecule has 0 saturated heterocycles. The van der Waals surface area contributed by atoms with Gasteiger partial charge in [0.25, 0.3) is 0 Å². The first-order valence-corrected chi connectivity index (χ1v) is 3.57. The van der Waals surface area contributed by atoms with E-state index in [0.717, 1.165) is 0 Å². The van der Waals surface area contributed by atoms with E-state index in [4.69, 9.17) is 9.84 Å². The molecule has 0 aromatic rings. The third-order valence-corrected chi connectivity index (χ3v) is 1.04. The Hall–Kier alpha value is -0.830. The molecule has 0 heterocycles. The van der Waals surface area contributed by atoms with E-state index in [9.17, 15) is 4.79 Å². The zero-order chi connectivity index (χ0) is 8.85. The van der Waals surface area contributed by atoms with Crippen LogP contribution in [0.15, 0.2) is 12.2 Å². The summed E-state index contributed by atoms with van der Waals surface area (Å²) in [6, 6.07) is 0. The molecule has 0 unspecified atom stereocenters. The number of rotatable bonds is 4. The van der Waals surface area contributed by atoms with Gasteiger partial charge in [-0.1, -0.05) is 6.58 Å². The molecule has 0 spiro atoms. The molecule has 1 N–H and O–H groups in total. The molecule has 0 aliphatic heterocycles. The molecule has 3 heteroatoms. The van der Waals surface area contributed by atoms with Crippen molar-refractivity contribution in [3.05, 3.63) is 12.2 Å². The Morgan fingerprint density at radius 2 is 2.18 bits per heavy atom. The molecular formula is C8H14O3. The summed E-state index contributed by atoms with van der Waals surface area (Å²) in [6.45, 7) is 6.94. The predicted molar refractivity (Wildman–Crippen MR) is 42.1 cm³/mol. The molecule has 0 aromatic heterocycles. The monoisotopic (exact) mass is 158 g/mol. The average Bonchev–Trinajstić information content (AvgIpc) is 1.86. The quantitative estimate of drug-likeness (QED) is 0.488. The minimum atomic E-state index is -0.422. The Bertz CT molecular complexity index is 149. The molecule has 0 aliphatic carbocycles. The van der Waals surface area contributed by atoms with Gasteiger partial charge in [-0.3, -0.25) is 0 Å². The Kier molecular flexibility index (Phi) is 4.54. The molecule has 0 fully saturated rings. The van der Waals surface area contributed by atoms with Gasteiger partial charge in [0.15, 0.2) is 0 Å². The van der Waals surface area contributed by atoms with Gasteiger partial charge in [-0.2, -0.15) is 0 Å². The number of aliphatic hydroxyl groups is 1. The smallest absolute Gasteiger partial charge is 0.333 e. The SMILES string of the molecule is C=C(CCO)C(=O)OC(C)C. The van der Waals surface area contributed by atoms with Crippen LogP contribution in [0.1, 0.15) is 20.3 Å². The van der Waals surface area contributed by atoms with Crippen LogP contribution in [0, 0.1) is 0 Å². The highest BCUT2D eigenvalue weighted by Gasteiger charge is 2.08. The summed E-state index contributed by atoms with van der Waals surface area (Å²) in [5.74, 6) is -0.422. The van der Waals surface area contributed by atoms with Crippen molar-refractivity contribution in [2.45, 2.75) is 26.4 Å². The number of esters is 1. The molecule has 11 heavy (non-hydrogen) atoms. The second-order valence-electron chi connectivity index (χ2n) is 2.53. The van der Waals surface area contributed by atoms with E-state index in [-0.39, 0.29) is 19.1 Å². The van der Waals surface area contributed by atoms with Crippen LogP contribution >= 0.6 is 0 Å². The van der Waals surface area contributed by atoms with Crippen LogP contribution in [0.5, 0.6) is 0 Å². The fourth-order valence-corrected chi connectivity index (χ4v) is 0.534. The molecule has 0 radical (unpaired) electrons. The van der Waals surface area contributed by atoms with Gasteiger partial charge in [0.1, 0.15) is 0 Å². The van der Waals surface area contributed by atoms with Crippen molar-refractivity contribution in [3.8, 4) is 0 Å². The lowest BCUT2D eigenvalue weighted by Crippen LogP contribution is -2.13. The van der Waals surface area contributed by atoms with Gasteiger partial charge in [0, 0.05) is 18.6 Å². The van der Waals surface area contributed by atoms with Crippen LogP contribution in [-0.2, 0) is 9.53 Å². The second-order valence-corrected chi connectivity index (χ2v) is 2.53. The van der Waals surface area contributed by atoms with E-state index in [1.54, 1.807) is 13.8 Å². The lowest BCUT2D eigenvalue weighted by atomic mass is 10.2. The molecule has 0 aromatic carbocycles. The fraction of sp³-hybridized carbons (Fsp3) is 0.625.